The lowest BCUT2D eigenvalue weighted by Crippen LogP contribution is -2.13. The SMILES string of the molecule is O=C(Nc1nc(-c2ccccc2)nc2ccccc12)c1ccccc1. The molecule has 25 heavy (non-hydrogen) atoms. The molecule has 0 unspecified atom stereocenters. The predicted molar refractivity (Wildman–Crippen MR) is 99.4 cm³/mol. The van der Waals surface area contributed by atoms with Gasteiger partial charge in [0.2, 0.25) is 0 Å². The van der Waals surface area contributed by atoms with Gasteiger partial charge >= 0.3 is 0 Å². The second-order valence-electron chi connectivity index (χ2n) is 5.60. The molecule has 4 heteroatoms. The molecule has 120 valence electrons. The first kappa shape index (κ1) is 15.0. The molecule has 1 aromatic heterocycles. The van der Waals surface area contributed by atoms with E-state index in [2.05, 4.69) is 15.3 Å². The van der Waals surface area contributed by atoms with E-state index in [1.54, 1.807) is 12.1 Å². The van der Waals surface area contributed by atoms with Crippen LogP contribution < -0.4 is 5.32 Å². The van der Waals surface area contributed by atoms with Gasteiger partial charge in [-0.15, -0.1) is 0 Å². The molecule has 4 rings (SSSR count). The molecule has 4 nitrogen and oxygen atoms in total. The van der Waals surface area contributed by atoms with Crippen LogP contribution >= 0.6 is 0 Å². The van der Waals surface area contributed by atoms with Crippen LogP contribution in [0.25, 0.3) is 22.3 Å². The average molecular weight is 325 g/mol. The summed E-state index contributed by atoms with van der Waals surface area (Å²) >= 11 is 0. The third kappa shape index (κ3) is 3.10. The Kier molecular flexibility index (Phi) is 3.92. The van der Waals surface area contributed by atoms with Crippen molar-refractivity contribution in [2.45, 2.75) is 0 Å². The Labute approximate surface area is 145 Å². The third-order valence-corrected chi connectivity index (χ3v) is 3.90. The number of rotatable bonds is 3. The van der Waals surface area contributed by atoms with Gasteiger partial charge in [0.15, 0.2) is 5.82 Å². The van der Waals surface area contributed by atoms with Crippen molar-refractivity contribution in [1.29, 1.82) is 0 Å². The van der Waals surface area contributed by atoms with Gasteiger partial charge in [0, 0.05) is 16.5 Å². The summed E-state index contributed by atoms with van der Waals surface area (Å²) < 4.78 is 0. The van der Waals surface area contributed by atoms with Crippen LogP contribution in [0, 0.1) is 0 Å². The number of fused-ring (bicyclic) bond motifs is 1. The van der Waals surface area contributed by atoms with Crippen LogP contribution in [-0.4, -0.2) is 15.9 Å². The largest absolute Gasteiger partial charge is 0.306 e. The molecule has 1 heterocycles. The topological polar surface area (TPSA) is 54.9 Å². The quantitative estimate of drug-likeness (QED) is 0.601. The fourth-order valence-electron chi connectivity index (χ4n) is 2.66. The number of aromatic nitrogens is 2. The highest BCUT2D eigenvalue weighted by molar-refractivity contribution is 6.07. The molecule has 3 aromatic carbocycles. The van der Waals surface area contributed by atoms with Gasteiger partial charge < -0.3 is 5.32 Å². The Morgan fingerprint density at radius 1 is 0.720 bits per heavy atom. The van der Waals surface area contributed by atoms with Crippen molar-refractivity contribution in [2.24, 2.45) is 0 Å². The Morgan fingerprint density at radius 3 is 2.12 bits per heavy atom. The minimum absolute atomic E-state index is 0.191. The van der Waals surface area contributed by atoms with Crippen LogP contribution in [0.15, 0.2) is 84.9 Å². The van der Waals surface area contributed by atoms with Gasteiger partial charge in [-0.25, -0.2) is 9.97 Å². The number of benzene rings is 3. The molecular formula is C21H15N3O. The number of nitrogens with one attached hydrogen (secondary N) is 1. The highest BCUT2D eigenvalue weighted by atomic mass is 16.1. The summed E-state index contributed by atoms with van der Waals surface area (Å²) in [6.07, 6.45) is 0. The van der Waals surface area contributed by atoms with Crippen molar-refractivity contribution in [3.8, 4) is 11.4 Å². The number of anilines is 1. The van der Waals surface area contributed by atoms with Crippen molar-refractivity contribution < 1.29 is 4.79 Å². The summed E-state index contributed by atoms with van der Waals surface area (Å²) in [5.41, 5.74) is 2.29. The zero-order valence-electron chi connectivity index (χ0n) is 13.4. The van der Waals surface area contributed by atoms with Crippen molar-refractivity contribution in [2.75, 3.05) is 5.32 Å². The van der Waals surface area contributed by atoms with Gasteiger partial charge in [0.1, 0.15) is 5.82 Å². The fourth-order valence-corrected chi connectivity index (χ4v) is 2.66. The molecule has 1 N–H and O–H groups in total. The smallest absolute Gasteiger partial charge is 0.256 e. The van der Waals surface area contributed by atoms with Crippen LogP contribution in [0.2, 0.25) is 0 Å². The first-order chi connectivity index (χ1) is 12.3. The first-order valence-electron chi connectivity index (χ1n) is 8.00. The van der Waals surface area contributed by atoms with E-state index in [0.29, 0.717) is 17.2 Å². The number of amides is 1. The Balaban J connectivity index is 1.80. The molecule has 0 saturated carbocycles. The Morgan fingerprint density at radius 2 is 1.36 bits per heavy atom. The average Bonchev–Trinajstić information content (AvgIpc) is 2.69. The van der Waals surface area contributed by atoms with Gasteiger partial charge in [-0.2, -0.15) is 0 Å². The highest BCUT2D eigenvalue weighted by Gasteiger charge is 2.12. The summed E-state index contributed by atoms with van der Waals surface area (Å²) in [5.74, 6) is 0.907. The van der Waals surface area contributed by atoms with E-state index in [-0.39, 0.29) is 5.91 Å². The van der Waals surface area contributed by atoms with Gasteiger partial charge in [-0.1, -0.05) is 60.7 Å². The monoisotopic (exact) mass is 325 g/mol. The minimum Gasteiger partial charge on any atom is -0.306 e. The standard InChI is InChI=1S/C21H15N3O/c25-21(16-11-5-2-6-12-16)24-20-17-13-7-8-14-18(17)22-19(23-20)15-9-3-1-4-10-15/h1-14H,(H,22,23,24,25). The van der Waals surface area contributed by atoms with Gasteiger partial charge in [0.25, 0.3) is 5.91 Å². The van der Waals surface area contributed by atoms with Crippen molar-refractivity contribution in [3.63, 3.8) is 0 Å². The predicted octanol–water partition coefficient (Wildman–Crippen LogP) is 4.55. The molecule has 0 atom stereocenters. The maximum Gasteiger partial charge on any atom is 0.256 e. The van der Waals surface area contributed by atoms with E-state index < -0.39 is 0 Å². The molecule has 4 aromatic rings. The third-order valence-electron chi connectivity index (χ3n) is 3.90. The normalized spacial score (nSPS) is 10.6. The van der Waals surface area contributed by atoms with E-state index in [1.807, 2.05) is 72.8 Å². The number of carbonyl (C=O) groups excluding carboxylic acids is 1. The maximum atomic E-state index is 12.5. The number of carbonyl (C=O) groups is 1. The van der Waals surface area contributed by atoms with Crippen LogP contribution in [-0.2, 0) is 0 Å². The van der Waals surface area contributed by atoms with Crippen LogP contribution in [0.1, 0.15) is 10.4 Å². The molecular weight excluding hydrogens is 310 g/mol. The Hall–Kier alpha value is -3.53. The lowest BCUT2D eigenvalue weighted by molar-refractivity contribution is 0.102. The molecule has 0 saturated heterocycles. The number of nitrogens with zero attached hydrogens (tertiary/aromatic N) is 2. The van der Waals surface area contributed by atoms with Crippen molar-refractivity contribution in [1.82, 2.24) is 9.97 Å². The fraction of sp³-hybridized carbons (Fsp3) is 0. The van der Waals surface area contributed by atoms with E-state index in [9.17, 15) is 4.79 Å². The molecule has 0 aliphatic rings. The number of hydrogen-bond donors (Lipinski definition) is 1. The lowest BCUT2D eigenvalue weighted by Gasteiger charge is -2.10. The molecule has 0 bridgehead atoms. The molecule has 0 fully saturated rings. The van der Waals surface area contributed by atoms with Crippen molar-refractivity contribution >= 4 is 22.6 Å². The number of para-hydroxylation sites is 1. The molecule has 0 spiro atoms. The van der Waals surface area contributed by atoms with E-state index in [0.717, 1.165) is 16.5 Å². The van der Waals surface area contributed by atoms with E-state index in [1.165, 1.54) is 0 Å². The zero-order chi connectivity index (χ0) is 17.1. The van der Waals surface area contributed by atoms with Gasteiger partial charge in [0.05, 0.1) is 5.52 Å². The zero-order valence-corrected chi connectivity index (χ0v) is 13.4. The molecule has 0 aliphatic carbocycles. The van der Waals surface area contributed by atoms with Crippen LogP contribution in [0.5, 0.6) is 0 Å². The maximum absolute atomic E-state index is 12.5. The van der Waals surface area contributed by atoms with Gasteiger partial charge in [-0.3, -0.25) is 4.79 Å². The highest BCUT2D eigenvalue weighted by Crippen LogP contribution is 2.25. The van der Waals surface area contributed by atoms with Crippen LogP contribution in [0.4, 0.5) is 5.82 Å². The van der Waals surface area contributed by atoms with E-state index in [4.69, 9.17) is 0 Å². The second kappa shape index (κ2) is 6.53. The molecule has 1 amide bonds. The van der Waals surface area contributed by atoms with E-state index >= 15 is 0 Å². The van der Waals surface area contributed by atoms with Crippen LogP contribution in [0.3, 0.4) is 0 Å². The second-order valence-corrected chi connectivity index (χ2v) is 5.60. The first-order valence-corrected chi connectivity index (χ1v) is 8.00. The minimum atomic E-state index is -0.191. The number of hydrogen-bond acceptors (Lipinski definition) is 3. The summed E-state index contributed by atoms with van der Waals surface area (Å²) in [6.45, 7) is 0. The summed E-state index contributed by atoms with van der Waals surface area (Å²) in [5, 5.41) is 3.73. The molecule has 0 aliphatic heterocycles. The summed E-state index contributed by atoms with van der Waals surface area (Å²) in [7, 11) is 0. The van der Waals surface area contributed by atoms with Crippen molar-refractivity contribution in [3.05, 3.63) is 90.5 Å². The summed E-state index contributed by atoms with van der Waals surface area (Å²) in [6, 6.07) is 26.5. The Bertz CT molecular complexity index is 1030. The van der Waals surface area contributed by atoms with Gasteiger partial charge in [-0.05, 0) is 24.3 Å². The lowest BCUT2D eigenvalue weighted by atomic mass is 10.1. The molecule has 0 radical (unpaired) electrons. The summed E-state index contributed by atoms with van der Waals surface area (Å²) in [4.78, 5) is 21.8.